The van der Waals surface area contributed by atoms with Crippen LogP contribution in [0.5, 0.6) is 0 Å². The van der Waals surface area contributed by atoms with Crippen molar-refractivity contribution in [2.75, 3.05) is 6.54 Å². The van der Waals surface area contributed by atoms with Gasteiger partial charge in [0.05, 0.1) is 17.6 Å². The smallest absolute Gasteiger partial charge is 0.311 e. The average molecular weight is 258 g/mol. The topological polar surface area (TPSA) is 79.2 Å². The molecular weight excluding hydrogens is 244 g/mol. The van der Waals surface area contributed by atoms with Crippen LogP contribution in [0.25, 0.3) is 0 Å². The molecule has 1 atom stereocenters. The lowest BCUT2D eigenvalue weighted by Gasteiger charge is -2.20. The largest absolute Gasteiger partial charge is 0.460 e. The Balaban J connectivity index is 1.90. The molecule has 0 bridgehead atoms. The molecule has 1 aliphatic heterocycles. The van der Waals surface area contributed by atoms with Crippen LogP contribution in [0.3, 0.4) is 0 Å². The Labute approximate surface area is 111 Å². The highest BCUT2D eigenvalue weighted by atomic mass is 16.5. The zero-order valence-corrected chi connectivity index (χ0v) is 10.4. The van der Waals surface area contributed by atoms with Crippen LogP contribution < -0.4 is 5.32 Å². The molecule has 0 spiro atoms. The predicted molar refractivity (Wildman–Crippen MR) is 66.7 cm³/mol. The van der Waals surface area contributed by atoms with E-state index >= 15 is 0 Å². The van der Waals surface area contributed by atoms with E-state index in [2.05, 4.69) is 11.4 Å². The van der Waals surface area contributed by atoms with Gasteiger partial charge in [0.2, 0.25) is 5.91 Å². The fourth-order valence-corrected chi connectivity index (χ4v) is 1.96. The molecule has 0 radical (unpaired) electrons. The number of rotatable bonds is 3. The second kappa shape index (κ2) is 6.01. The Morgan fingerprint density at radius 1 is 1.47 bits per heavy atom. The molecule has 0 aliphatic carbocycles. The summed E-state index contributed by atoms with van der Waals surface area (Å²) in [5.41, 5.74) is 1.20. The SMILES string of the molecule is N#Cc1ccccc1COC(=O)C1CCC(=O)NC1. The number of benzene rings is 1. The molecule has 1 amide bonds. The van der Waals surface area contributed by atoms with Crippen LogP contribution in [0.2, 0.25) is 0 Å². The van der Waals surface area contributed by atoms with Gasteiger partial charge in [0.15, 0.2) is 0 Å². The monoisotopic (exact) mass is 258 g/mol. The van der Waals surface area contributed by atoms with E-state index in [0.717, 1.165) is 0 Å². The number of hydrogen-bond donors (Lipinski definition) is 1. The molecule has 0 saturated carbocycles. The van der Waals surface area contributed by atoms with E-state index in [1.54, 1.807) is 24.3 Å². The van der Waals surface area contributed by atoms with Gasteiger partial charge in [-0.2, -0.15) is 5.26 Å². The maximum atomic E-state index is 11.8. The fourth-order valence-electron chi connectivity index (χ4n) is 1.96. The summed E-state index contributed by atoms with van der Waals surface area (Å²) in [6, 6.07) is 9.06. The number of nitriles is 1. The summed E-state index contributed by atoms with van der Waals surface area (Å²) in [6.07, 6.45) is 0.874. The van der Waals surface area contributed by atoms with Crippen LogP contribution in [0.15, 0.2) is 24.3 Å². The van der Waals surface area contributed by atoms with Gasteiger partial charge in [-0.1, -0.05) is 18.2 Å². The summed E-state index contributed by atoms with van der Waals surface area (Å²) in [7, 11) is 0. The lowest BCUT2D eigenvalue weighted by atomic mass is 9.99. The van der Waals surface area contributed by atoms with Crippen LogP contribution in [0.1, 0.15) is 24.0 Å². The van der Waals surface area contributed by atoms with E-state index in [0.29, 0.717) is 30.5 Å². The average Bonchev–Trinajstić information content (AvgIpc) is 2.45. The number of nitrogens with zero attached hydrogens (tertiary/aromatic N) is 1. The molecule has 1 fully saturated rings. The van der Waals surface area contributed by atoms with Crippen molar-refractivity contribution in [1.82, 2.24) is 5.32 Å². The molecule has 1 N–H and O–H groups in total. The van der Waals surface area contributed by atoms with Gasteiger partial charge < -0.3 is 10.1 Å². The third kappa shape index (κ3) is 3.32. The number of carbonyl (C=O) groups excluding carboxylic acids is 2. The van der Waals surface area contributed by atoms with Crippen molar-refractivity contribution in [2.45, 2.75) is 19.4 Å². The molecule has 1 unspecified atom stereocenters. The Kier molecular flexibility index (Phi) is 4.14. The molecule has 1 saturated heterocycles. The minimum absolute atomic E-state index is 0.0288. The molecule has 1 aromatic carbocycles. The predicted octanol–water partition coefficient (Wildman–Crippen LogP) is 1.13. The first-order chi connectivity index (χ1) is 9.20. The Hall–Kier alpha value is -2.35. The summed E-state index contributed by atoms with van der Waals surface area (Å²) in [5.74, 6) is -0.640. The number of hydrogen-bond acceptors (Lipinski definition) is 4. The normalized spacial score (nSPS) is 18.3. The second-order valence-electron chi connectivity index (χ2n) is 4.42. The zero-order chi connectivity index (χ0) is 13.7. The van der Waals surface area contributed by atoms with Crippen LogP contribution >= 0.6 is 0 Å². The van der Waals surface area contributed by atoms with Crippen molar-refractivity contribution >= 4 is 11.9 Å². The summed E-state index contributed by atoms with van der Waals surface area (Å²) >= 11 is 0. The number of amides is 1. The van der Waals surface area contributed by atoms with Crippen LogP contribution in [0, 0.1) is 17.2 Å². The van der Waals surface area contributed by atoms with E-state index < -0.39 is 0 Å². The lowest BCUT2D eigenvalue weighted by Crippen LogP contribution is -2.39. The first-order valence-electron chi connectivity index (χ1n) is 6.12. The van der Waals surface area contributed by atoms with Gasteiger partial charge in [0.25, 0.3) is 0 Å². The van der Waals surface area contributed by atoms with Crippen LogP contribution in [0.4, 0.5) is 0 Å². The molecule has 1 heterocycles. The van der Waals surface area contributed by atoms with Crippen molar-refractivity contribution in [1.29, 1.82) is 5.26 Å². The minimum Gasteiger partial charge on any atom is -0.460 e. The quantitative estimate of drug-likeness (QED) is 0.824. The van der Waals surface area contributed by atoms with Crippen molar-refractivity contribution in [3.63, 3.8) is 0 Å². The van der Waals surface area contributed by atoms with Gasteiger partial charge in [0.1, 0.15) is 6.61 Å². The molecule has 5 nitrogen and oxygen atoms in total. The van der Waals surface area contributed by atoms with Gasteiger partial charge in [0, 0.05) is 18.5 Å². The van der Waals surface area contributed by atoms with Gasteiger partial charge in [-0.05, 0) is 12.5 Å². The van der Waals surface area contributed by atoms with E-state index in [-0.39, 0.29) is 24.4 Å². The van der Waals surface area contributed by atoms with Gasteiger partial charge in [-0.25, -0.2) is 0 Å². The summed E-state index contributed by atoms with van der Waals surface area (Å²) in [5, 5.41) is 11.6. The third-order valence-electron chi connectivity index (χ3n) is 3.11. The van der Waals surface area contributed by atoms with Gasteiger partial charge >= 0.3 is 5.97 Å². The molecule has 1 aromatic rings. The van der Waals surface area contributed by atoms with E-state index in [4.69, 9.17) is 10.00 Å². The third-order valence-corrected chi connectivity index (χ3v) is 3.11. The first-order valence-corrected chi connectivity index (χ1v) is 6.12. The van der Waals surface area contributed by atoms with Crippen LogP contribution in [-0.4, -0.2) is 18.4 Å². The summed E-state index contributed by atoms with van der Waals surface area (Å²) < 4.78 is 5.20. The maximum absolute atomic E-state index is 11.8. The number of ether oxygens (including phenoxy) is 1. The summed E-state index contributed by atoms with van der Waals surface area (Å²) in [6.45, 7) is 0.421. The number of carbonyl (C=O) groups is 2. The van der Waals surface area contributed by atoms with E-state index in [9.17, 15) is 9.59 Å². The summed E-state index contributed by atoms with van der Waals surface area (Å²) in [4.78, 5) is 22.8. The van der Waals surface area contributed by atoms with Crippen molar-refractivity contribution in [3.05, 3.63) is 35.4 Å². The molecule has 19 heavy (non-hydrogen) atoms. The molecule has 5 heteroatoms. The van der Waals surface area contributed by atoms with E-state index in [1.165, 1.54) is 0 Å². The highest BCUT2D eigenvalue weighted by molar-refractivity contribution is 5.80. The highest BCUT2D eigenvalue weighted by Gasteiger charge is 2.25. The molecular formula is C14H14N2O3. The number of esters is 1. The molecule has 1 aliphatic rings. The van der Waals surface area contributed by atoms with Gasteiger partial charge in [-0.15, -0.1) is 0 Å². The highest BCUT2D eigenvalue weighted by Crippen LogP contribution is 2.15. The molecule has 0 aromatic heterocycles. The van der Waals surface area contributed by atoms with Gasteiger partial charge in [-0.3, -0.25) is 9.59 Å². The zero-order valence-electron chi connectivity index (χ0n) is 10.4. The lowest BCUT2D eigenvalue weighted by molar-refractivity contribution is -0.151. The second-order valence-corrected chi connectivity index (χ2v) is 4.42. The fraction of sp³-hybridized carbons (Fsp3) is 0.357. The van der Waals surface area contributed by atoms with E-state index in [1.807, 2.05) is 0 Å². The van der Waals surface area contributed by atoms with Crippen LogP contribution in [-0.2, 0) is 20.9 Å². The maximum Gasteiger partial charge on any atom is 0.311 e. The van der Waals surface area contributed by atoms with Crippen molar-refractivity contribution in [3.8, 4) is 6.07 Å². The Bertz CT molecular complexity index is 524. The number of nitrogens with one attached hydrogen (secondary N) is 1. The minimum atomic E-state index is -0.326. The standard InChI is InChI=1S/C14H14N2O3/c15-7-10-3-1-2-4-12(10)9-19-14(18)11-5-6-13(17)16-8-11/h1-4,11H,5-6,8-9H2,(H,16,17). The van der Waals surface area contributed by atoms with Crippen molar-refractivity contribution in [2.24, 2.45) is 5.92 Å². The molecule has 98 valence electrons. The Morgan fingerprint density at radius 3 is 2.95 bits per heavy atom. The molecule has 2 rings (SSSR count). The first kappa shape index (κ1) is 13.1. The number of piperidine rings is 1. The Morgan fingerprint density at radius 2 is 2.26 bits per heavy atom. The van der Waals surface area contributed by atoms with Crippen molar-refractivity contribution < 1.29 is 14.3 Å².